The molecule has 0 aromatic heterocycles. The number of ketones is 1. The molecule has 0 saturated heterocycles. The van der Waals surface area contributed by atoms with E-state index in [0.29, 0.717) is 12.4 Å². The Balaban J connectivity index is 2.17. The number of rotatable bonds is 3. The van der Waals surface area contributed by atoms with E-state index in [9.17, 15) is 4.79 Å². The molecule has 3 nitrogen and oxygen atoms in total. The minimum Gasteiger partial charge on any atom is -0.489 e. The standard InChI is InChI=1S/C11H12O3/c1-8(12)7-14-10-4-2-3-9-5-6-13-11(9)10/h2-4H,5-7H2,1H3. The Bertz CT molecular complexity index is 358. The first-order valence-corrected chi connectivity index (χ1v) is 4.64. The molecule has 0 N–H and O–H groups in total. The normalized spacial score (nSPS) is 13.2. The van der Waals surface area contributed by atoms with Gasteiger partial charge in [0.25, 0.3) is 0 Å². The van der Waals surface area contributed by atoms with Crippen LogP contribution in [0.5, 0.6) is 11.5 Å². The van der Waals surface area contributed by atoms with E-state index >= 15 is 0 Å². The van der Waals surface area contributed by atoms with Gasteiger partial charge in [-0.25, -0.2) is 0 Å². The molecule has 1 aliphatic heterocycles. The first kappa shape index (κ1) is 9.06. The quantitative estimate of drug-likeness (QED) is 0.729. The predicted molar refractivity (Wildman–Crippen MR) is 51.8 cm³/mol. The molecule has 2 rings (SSSR count). The van der Waals surface area contributed by atoms with Crippen LogP contribution < -0.4 is 9.47 Å². The lowest BCUT2D eigenvalue weighted by Gasteiger charge is -2.08. The molecule has 0 fully saturated rings. The Labute approximate surface area is 82.6 Å². The molecule has 0 radical (unpaired) electrons. The monoisotopic (exact) mass is 192 g/mol. The summed E-state index contributed by atoms with van der Waals surface area (Å²) in [5, 5.41) is 0. The second kappa shape index (κ2) is 3.70. The molecule has 74 valence electrons. The number of carbonyl (C=O) groups excluding carboxylic acids is 1. The number of para-hydroxylation sites is 1. The molecular formula is C11H12O3. The number of carbonyl (C=O) groups is 1. The van der Waals surface area contributed by atoms with Gasteiger partial charge in [0.2, 0.25) is 0 Å². The van der Waals surface area contributed by atoms with Gasteiger partial charge in [-0.1, -0.05) is 12.1 Å². The third kappa shape index (κ3) is 1.71. The van der Waals surface area contributed by atoms with Crippen LogP contribution in [0.1, 0.15) is 12.5 Å². The zero-order valence-corrected chi connectivity index (χ0v) is 8.08. The van der Waals surface area contributed by atoms with Crippen LogP contribution in [0.4, 0.5) is 0 Å². The third-order valence-electron chi connectivity index (χ3n) is 2.11. The van der Waals surface area contributed by atoms with Gasteiger partial charge in [0, 0.05) is 12.0 Å². The van der Waals surface area contributed by atoms with Crippen LogP contribution in [-0.4, -0.2) is 19.0 Å². The molecule has 0 unspecified atom stereocenters. The minimum atomic E-state index is 0.0144. The van der Waals surface area contributed by atoms with Gasteiger partial charge in [0.15, 0.2) is 17.3 Å². The van der Waals surface area contributed by atoms with Crippen LogP contribution >= 0.6 is 0 Å². The van der Waals surface area contributed by atoms with Gasteiger partial charge >= 0.3 is 0 Å². The van der Waals surface area contributed by atoms with E-state index in [4.69, 9.17) is 9.47 Å². The molecule has 14 heavy (non-hydrogen) atoms. The molecule has 1 aromatic carbocycles. The average Bonchev–Trinajstić information content (AvgIpc) is 2.62. The fourth-order valence-electron chi connectivity index (χ4n) is 1.48. The molecule has 1 aliphatic rings. The molecule has 3 heteroatoms. The van der Waals surface area contributed by atoms with E-state index in [2.05, 4.69) is 0 Å². The Hall–Kier alpha value is -1.51. The second-order valence-corrected chi connectivity index (χ2v) is 3.33. The van der Waals surface area contributed by atoms with E-state index in [0.717, 1.165) is 17.7 Å². The summed E-state index contributed by atoms with van der Waals surface area (Å²) in [6, 6.07) is 5.76. The van der Waals surface area contributed by atoms with Crippen molar-refractivity contribution in [3.63, 3.8) is 0 Å². The molecular weight excluding hydrogens is 180 g/mol. The van der Waals surface area contributed by atoms with Gasteiger partial charge in [-0.2, -0.15) is 0 Å². The van der Waals surface area contributed by atoms with Crippen molar-refractivity contribution in [2.24, 2.45) is 0 Å². The SMILES string of the molecule is CC(=O)COc1cccc2c1OCC2. The van der Waals surface area contributed by atoms with Crippen molar-refractivity contribution in [3.8, 4) is 11.5 Å². The Morgan fingerprint density at radius 1 is 1.57 bits per heavy atom. The zero-order valence-electron chi connectivity index (χ0n) is 8.08. The highest BCUT2D eigenvalue weighted by Gasteiger charge is 2.16. The molecule has 1 aromatic rings. The molecule has 0 bridgehead atoms. The fourth-order valence-corrected chi connectivity index (χ4v) is 1.48. The van der Waals surface area contributed by atoms with Gasteiger partial charge in [-0.3, -0.25) is 4.79 Å². The van der Waals surface area contributed by atoms with Crippen LogP contribution in [0, 0.1) is 0 Å². The number of hydrogen-bond acceptors (Lipinski definition) is 3. The number of fused-ring (bicyclic) bond motifs is 1. The summed E-state index contributed by atoms with van der Waals surface area (Å²) in [6.07, 6.45) is 0.923. The minimum absolute atomic E-state index is 0.0144. The highest BCUT2D eigenvalue weighted by molar-refractivity contribution is 5.77. The van der Waals surface area contributed by atoms with Crippen molar-refractivity contribution in [1.82, 2.24) is 0 Å². The van der Waals surface area contributed by atoms with Gasteiger partial charge in [-0.05, 0) is 13.0 Å². The van der Waals surface area contributed by atoms with E-state index in [1.807, 2.05) is 18.2 Å². The highest BCUT2D eigenvalue weighted by Crippen LogP contribution is 2.35. The summed E-state index contributed by atoms with van der Waals surface area (Å²) in [7, 11) is 0. The lowest BCUT2D eigenvalue weighted by molar-refractivity contribution is -0.118. The van der Waals surface area contributed by atoms with Gasteiger partial charge in [0.05, 0.1) is 6.61 Å². The van der Waals surface area contributed by atoms with E-state index < -0.39 is 0 Å². The molecule has 0 amide bonds. The van der Waals surface area contributed by atoms with Gasteiger partial charge < -0.3 is 9.47 Å². The average molecular weight is 192 g/mol. The summed E-state index contributed by atoms with van der Waals surface area (Å²) < 4.78 is 10.8. The zero-order chi connectivity index (χ0) is 9.97. The van der Waals surface area contributed by atoms with Gasteiger partial charge in [-0.15, -0.1) is 0 Å². The van der Waals surface area contributed by atoms with Crippen LogP contribution in [0.15, 0.2) is 18.2 Å². The molecule has 1 heterocycles. The van der Waals surface area contributed by atoms with E-state index in [1.165, 1.54) is 6.92 Å². The third-order valence-corrected chi connectivity index (χ3v) is 2.11. The van der Waals surface area contributed by atoms with Crippen LogP contribution in [-0.2, 0) is 11.2 Å². The number of Topliss-reactive ketones (excluding diaryl/α,β-unsaturated/α-hetero) is 1. The van der Waals surface area contributed by atoms with Crippen LogP contribution in [0.25, 0.3) is 0 Å². The van der Waals surface area contributed by atoms with E-state index in [1.54, 1.807) is 0 Å². The summed E-state index contributed by atoms with van der Waals surface area (Å²) in [6.45, 7) is 2.32. The molecule has 0 aliphatic carbocycles. The van der Waals surface area contributed by atoms with E-state index in [-0.39, 0.29) is 12.4 Å². The molecule has 0 spiro atoms. The topological polar surface area (TPSA) is 35.5 Å². The Morgan fingerprint density at radius 2 is 2.43 bits per heavy atom. The predicted octanol–water partition coefficient (Wildman–Crippen LogP) is 1.59. The van der Waals surface area contributed by atoms with Crippen LogP contribution in [0.3, 0.4) is 0 Å². The number of ether oxygens (including phenoxy) is 2. The van der Waals surface area contributed by atoms with Gasteiger partial charge in [0.1, 0.15) is 6.61 Å². The second-order valence-electron chi connectivity index (χ2n) is 3.33. The van der Waals surface area contributed by atoms with Crippen molar-refractivity contribution in [1.29, 1.82) is 0 Å². The first-order chi connectivity index (χ1) is 6.77. The van der Waals surface area contributed by atoms with Crippen molar-refractivity contribution >= 4 is 5.78 Å². The van der Waals surface area contributed by atoms with Crippen molar-refractivity contribution in [2.45, 2.75) is 13.3 Å². The summed E-state index contributed by atoms with van der Waals surface area (Å²) >= 11 is 0. The van der Waals surface area contributed by atoms with Crippen LogP contribution in [0.2, 0.25) is 0 Å². The van der Waals surface area contributed by atoms with Crippen molar-refractivity contribution < 1.29 is 14.3 Å². The Morgan fingerprint density at radius 3 is 3.21 bits per heavy atom. The Kier molecular flexibility index (Phi) is 2.39. The van der Waals surface area contributed by atoms with Crippen molar-refractivity contribution in [3.05, 3.63) is 23.8 Å². The molecule has 0 atom stereocenters. The highest BCUT2D eigenvalue weighted by atomic mass is 16.5. The number of benzene rings is 1. The maximum absolute atomic E-state index is 10.8. The largest absolute Gasteiger partial charge is 0.489 e. The lowest BCUT2D eigenvalue weighted by Crippen LogP contribution is -2.07. The fraction of sp³-hybridized carbons (Fsp3) is 0.364. The molecule has 0 saturated carbocycles. The first-order valence-electron chi connectivity index (χ1n) is 4.64. The maximum atomic E-state index is 10.8. The number of hydrogen-bond donors (Lipinski definition) is 0. The summed E-state index contributed by atoms with van der Waals surface area (Å²) in [5.74, 6) is 1.49. The maximum Gasteiger partial charge on any atom is 0.167 e. The van der Waals surface area contributed by atoms with Crippen molar-refractivity contribution in [2.75, 3.05) is 13.2 Å². The lowest BCUT2D eigenvalue weighted by atomic mass is 10.1. The summed E-state index contributed by atoms with van der Waals surface area (Å²) in [4.78, 5) is 10.8. The summed E-state index contributed by atoms with van der Waals surface area (Å²) in [5.41, 5.74) is 1.16. The smallest absolute Gasteiger partial charge is 0.167 e.